The number of aryl methyl sites for hydroxylation is 1. The van der Waals surface area contributed by atoms with Crippen LogP contribution in [0.5, 0.6) is 0 Å². The van der Waals surface area contributed by atoms with E-state index in [2.05, 4.69) is 57.7 Å². The van der Waals surface area contributed by atoms with Crippen LogP contribution in [0.15, 0.2) is 54.9 Å². The minimum atomic E-state index is 0.409. The van der Waals surface area contributed by atoms with E-state index >= 15 is 0 Å². The predicted molar refractivity (Wildman–Crippen MR) is 117 cm³/mol. The first-order valence-electron chi connectivity index (χ1n) is 10.8. The Morgan fingerprint density at radius 1 is 1.00 bits per heavy atom. The molecule has 3 aromatic rings. The summed E-state index contributed by atoms with van der Waals surface area (Å²) in [7, 11) is 0. The van der Waals surface area contributed by atoms with Crippen LogP contribution in [-0.4, -0.2) is 33.9 Å². The number of hydrogen-bond donors (Lipinski definition) is 1. The fraction of sp³-hybridized carbons (Fsp3) is 0.417. The number of pyridine rings is 1. The van der Waals surface area contributed by atoms with Crippen LogP contribution in [0.25, 0.3) is 5.82 Å². The molecule has 0 amide bonds. The zero-order valence-corrected chi connectivity index (χ0v) is 17.1. The van der Waals surface area contributed by atoms with Crippen molar-refractivity contribution in [2.45, 2.75) is 51.1 Å². The fourth-order valence-corrected chi connectivity index (χ4v) is 4.90. The highest BCUT2D eigenvalue weighted by Crippen LogP contribution is 2.32. The third-order valence-electron chi connectivity index (χ3n) is 6.44. The number of piperidine rings is 1. The van der Waals surface area contributed by atoms with Crippen LogP contribution < -0.4 is 10.2 Å². The topological polar surface area (TPSA) is 46.0 Å². The smallest absolute Gasteiger partial charge is 0.153 e. The number of aromatic nitrogens is 3. The zero-order chi connectivity index (χ0) is 19.6. The zero-order valence-electron chi connectivity index (χ0n) is 17.1. The van der Waals surface area contributed by atoms with Gasteiger partial charge in [0.2, 0.25) is 0 Å². The first-order valence-corrected chi connectivity index (χ1v) is 10.8. The molecule has 1 unspecified atom stereocenters. The van der Waals surface area contributed by atoms with Crippen molar-refractivity contribution in [3.05, 3.63) is 71.7 Å². The standard InChI is InChI=1S/C24H29N5/c1-18-7-2-3-9-22(18)28-15-12-19(13-16-28)27-21-8-6-10-23-20(21)17-26-29(23)24-11-4-5-14-25-24/h2-5,7,9,11,14,17,19,21,27H,6,8,10,12-13,15-16H2,1H3. The van der Waals surface area contributed by atoms with E-state index in [9.17, 15) is 0 Å². The normalized spacial score (nSPS) is 19.9. The number of rotatable bonds is 4. The first-order chi connectivity index (χ1) is 14.3. The summed E-state index contributed by atoms with van der Waals surface area (Å²) in [6.45, 7) is 4.45. The Hall–Kier alpha value is -2.66. The van der Waals surface area contributed by atoms with Gasteiger partial charge in [0.15, 0.2) is 5.82 Å². The van der Waals surface area contributed by atoms with E-state index < -0.39 is 0 Å². The molecule has 5 nitrogen and oxygen atoms in total. The van der Waals surface area contributed by atoms with Crippen molar-refractivity contribution in [2.24, 2.45) is 0 Å². The van der Waals surface area contributed by atoms with Crippen LogP contribution in [0.2, 0.25) is 0 Å². The number of benzene rings is 1. The number of para-hydroxylation sites is 1. The molecule has 0 radical (unpaired) electrons. The van der Waals surface area contributed by atoms with Gasteiger partial charge in [0.1, 0.15) is 0 Å². The molecule has 0 saturated carbocycles. The van der Waals surface area contributed by atoms with Gasteiger partial charge in [-0.1, -0.05) is 24.3 Å². The summed E-state index contributed by atoms with van der Waals surface area (Å²) in [6.07, 6.45) is 9.75. The summed E-state index contributed by atoms with van der Waals surface area (Å²) in [6, 6.07) is 15.7. The first kappa shape index (κ1) is 18.4. The minimum absolute atomic E-state index is 0.409. The third kappa shape index (κ3) is 3.67. The van der Waals surface area contributed by atoms with Crippen molar-refractivity contribution in [3.63, 3.8) is 0 Å². The van der Waals surface area contributed by atoms with E-state index in [1.54, 1.807) is 0 Å². The maximum Gasteiger partial charge on any atom is 0.153 e. The second-order valence-corrected chi connectivity index (χ2v) is 8.31. The van der Waals surface area contributed by atoms with Crippen molar-refractivity contribution in [1.29, 1.82) is 0 Å². The lowest BCUT2D eigenvalue weighted by molar-refractivity contribution is 0.345. The van der Waals surface area contributed by atoms with Crippen LogP contribution in [0.3, 0.4) is 0 Å². The lowest BCUT2D eigenvalue weighted by Gasteiger charge is -2.37. The summed E-state index contributed by atoms with van der Waals surface area (Å²) in [5, 5.41) is 8.64. The molecule has 5 heteroatoms. The molecule has 3 heterocycles. The van der Waals surface area contributed by atoms with Gasteiger partial charge in [-0.2, -0.15) is 5.10 Å². The van der Waals surface area contributed by atoms with Crippen molar-refractivity contribution < 1.29 is 0 Å². The largest absolute Gasteiger partial charge is 0.371 e. The Morgan fingerprint density at radius 3 is 2.62 bits per heavy atom. The monoisotopic (exact) mass is 387 g/mol. The van der Waals surface area contributed by atoms with Gasteiger partial charge >= 0.3 is 0 Å². The highest BCUT2D eigenvalue weighted by molar-refractivity contribution is 5.53. The van der Waals surface area contributed by atoms with Crippen LogP contribution in [-0.2, 0) is 6.42 Å². The van der Waals surface area contributed by atoms with Crippen LogP contribution >= 0.6 is 0 Å². The fourth-order valence-electron chi connectivity index (χ4n) is 4.90. The number of hydrogen-bond acceptors (Lipinski definition) is 4. The van der Waals surface area contributed by atoms with Crippen LogP contribution in [0.1, 0.15) is 48.5 Å². The van der Waals surface area contributed by atoms with Gasteiger partial charge < -0.3 is 10.2 Å². The van der Waals surface area contributed by atoms with E-state index in [1.165, 1.54) is 48.2 Å². The summed E-state index contributed by atoms with van der Waals surface area (Å²) in [5.41, 5.74) is 5.45. The summed E-state index contributed by atoms with van der Waals surface area (Å²) in [5.74, 6) is 0.918. The molecule has 29 heavy (non-hydrogen) atoms. The molecular weight excluding hydrogens is 358 g/mol. The molecule has 1 aromatic carbocycles. The highest BCUT2D eigenvalue weighted by Gasteiger charge is 2.28. The van der Waals surface area contributed by atoms with E-state index in [4.69, 9.17) is 0 Å². The van der Waals surface area contributed by atoms with E-state index in [1.807, 2.05) is 29.1 Å². The lowest BCUT2D eigenvalue weighted by Crippen LogP contribution is -2.44. The molecule has 1 atom stereocenters. The summed E-state index contributed by atoms with van der Waals surface area (Å²) < 4.78 is 2.03. The molecule has 150 valence electrons. The van der Waals surface area contributed by atoms with Gasteiger partial charge in [-0.3, -0.25) is 0 Å². The van der Waals surface area contributed by atoms with Gasteiger partial charge in [-0.05, 0) is 62.8 Å². The quantitative estimate of drug-likeness (QED) is 0.728. The average Bonchev–Trinajstić information content (AvgIpc) is 3.21. The maximum absolute atomic E-state index is 4.68. The van der Waals surface area contributed by atoms with Crippen molar-refractivity contribution >= 4 is 5.69 Å². The predicted octanol–water partition coefficient (Wildman–Crippen LogP) is 4.21. The van der Waals surface area contributed by atoms with Gasteiger partial charge in [0.05, 0.1) is 11.9 Å². The molecule has 1 saturated heterocycles. The Labute approximate surface area is 172 Å². The SMILES string of the molecule is Cc1ccccc1N1CCC(NC2CCCc3c2cnn3-c2ccccn2)CC1. The Balaban J connectivity index is 1.26. The van der Waals surface area contributed by atoms with Crippen LogP contribution in [0, 0.1) is 6.92 Å². The van der Waals surface area contributed by atoms with Gasteiger partial charge in [-0.15, -0.1) is 0 Å². The Morgan fingerprint density at radius 2 is 1.83 bits per heavy atom. The second kappa shape index (κ2) is 7.99. The molecule has 1 fully saturated rings. The molecule has 5 rings (SSSR count). The number of nitrogens with one attached hydrogen (secondary N) is 1. The van der Waals surface area contributed by atoms with Crippen molar-refractivity contribution in [1.82, 2.24) is 20.1 Å². The van der Waals surface area contributed by atoms with Crippen molar-refractivity contribution in [3.8, 4) is 5.82 Å². The molecule has 1 aliphatic heterocycles. The molecule has 0 bridgehead atoms. The molecule has 1 N–H and O–H groups in total. The van der Waals surface area contributed by atoms with Gasteiger partial charge in [-0.25, -0.2) is 9.67 Å². The summed E-state index contributed by atoms with van der Waals surface area (Å²) in [4.78, 5) is 7.03. The van der Waals surface area contributed by atoms with Gasteiger partial charge in [0, 0.05) is 42.6 Å². The van der Waals surface area contributed by atoms with E-state index in [0.717, 1.165) is 25.3 Å². The number of fused-ring (bicyclic) bond motifs is 1. The second-order valence-electron chi connectivity index (χ2n) is 8.31. The number of nitrogens with zero attached hydrogens (tertiary/aromatic N) is 4. The number of anilines is 1. The summed E-state index contributed by atoms with van der Waals surface area (Å²) >= 11 is 0. The minimum Gasteiger partial charge on any atom is -0.371 e. The third-order valence-corrected chi connectivity index (χ3v) is 6.44. The van der Waals surface area contributed by atoms with Crippen LogP contribution in [0.4, 0.5) is 5.69 Å². The molecule has 1 aliphatic carbocycles. The Bertz CT molecular complexity index is 956. The molecular formula is C24H29N5. The van der Waals surface area contributed by atoms with Crippen molar-refractivity contribution in [2.75, 3.05) is 18.0 Å². The molecule has 0 spiro atoms. The molecule has 2 aliphatic rings. The Kier molecular flexibility index (Phi) is 5.06. The van der Waals surface area contributed by atoms with E-state index in [0.29, 0.717) is 12.1 Å². The lowest BCUT2D eigenvalue weighted by atomic mass is 9.91. The van der Waals surface area contributed by atoms with E-state index in [-0.39, 0.29) is 0 Å². The highest BCUT2D eigenvalue weighted by atomic mass is 15.3. The maximum atomic E-state index is 4.68. The average molecular weight is 388 g/mol. The van der Waals surface area contributed by atoms with Gasteiger partial charge in [0.25, 0.3) is 0 Å². The molecule has 2 aromatic heterocycles.